The standard InChI is InChI=1S/C16H14FNO2/c1-9-6-10(7-11-8-14(19)18-16(9)11)15-12(17)4-3-5-13(15)20-2/h3-7H,8H2,1-2H3,(H,18,19). The minimum atomic E-state index is -0.332. The van der Waals surface area contributed by atoms with E-state index < -0.39 is 0 Å². The van der Waals surface area contributed by atoms with E-state index in [4.69, 9.17) is 4.74 Å². The van der Waals surface area contributed by atoms with Crippen LogP contribution in [0.2, 0.25) is 0 Å². The number of rotatable bonds is 2. The number of anilines is 1. The molecule has 2 aromatic rings. The van der Waals surface area contributed by atoms with Crippen molar-refractivity contribution in [2.75, 3.05) is 12.4 Å². The summed E-state index contributed by atoms with van der Waals surface area (Å²) in [4.78, 5) is 11.5. The van der Waals surface area contributed by atoms with Gasteiger partial charge in [-0.05, 0) is 47.9 Å². The van der Waals surface area contributed by atoms with Crippen LogP contribution in [0.4, 0.5) is 10.1 Å². The first-order valence-electron chi connectivity index (χ1n) is 6.36. The fraction of sp³-hybridized carbons (Fsp3) is 0.188. The van der Waals surface area contributed by atoms with E-state index in [9.17, 15) is 9.18 Å². The fourth-order valence-electron chi connectivity index (χ4n) is 2.63. The van der Waals surface area contributed by atoms with Crippen molar-refractivity contribution in [3.8, 4) is 16.9 Å². The topological polar surface area (TPSA) is 38.3 Å². The summed E-state index contributed by atoms with van der Waals surface area (Å²) in [5.74, 6) is 0.128. The first-order valence-corrected chi connectivity index (χ1v) is 6.36. The normalized spacial score (nSPS) is 13.1. The molecule has 0 saturated heterocycles. The van der Waals surface area contributed by atoms with Gasteiger partial charge in [0, 0.05) is 5.69 Å². The quantitative estimate of drug-likeness (QED) is 0.910. The molecule has 2 aromatic carbocycles. The molecule has 0 bridgehead atoms. The highest BCUT2D eigenvalue weighted by Gasteiger charge is 2.22. The van der Waals surface area contributed by atoms with Gasteiger partial charge in [0.2, 0.25) is 5.91 Å². The summed E-state index contributed by atoms with van der Waals surface area (Å²) in [6, 6.07) is 8.46. The molecule has 0 aliphatic carbocycles. The van der Waals surface area contributed by atoms with Crippen molar-refractivity contribution < 1.29 is 13.9 Å². The van der Waals surface area contributed by atoms with Crippen LogP contribution in [0.5, 0.6) is 5.75 Å². The van der Waals surface area contributed by atoms with Gasteiger partial charge >= 0.3 is 0 Å². The third-order valence-corrected chi connectivity index (χ3v) is 3.52. The van der Waals surface area contributed by atoms with E-state index in [0.29, 0.717) is 17.7 Å². The van der Waals surface area contributed by atoms with Gasteiger partial charge in [0.15, 0.2) is 0 Å². The zero-order chi connectivity index (χ0) is 14.3. The van der Waals surface area contributed by atoms with Crippen molar-refractivity contribution >= 4 is 11.6 Å². The van der Waals surface area contributed by atoms with Crippen LogP contribution < -0.4 is 10.1 Å². The van der Waals surface area contributed by atoms with Crippen molar-refractivity contribution in [2.24, 2.45) is 0 Å². The molecule has 0 radical (unpaired) electrons. The Bertz CT molecular complexity index is 710. The number of carbonyl (C=O) groups excluding carboxylic acids is 1. The zero-order valence-electron chi connectivity index (χ0n) is 11.3. The molecule has 1 heterocycles. The van der Waals surface area contributed by atoms with Gasteiger partial charge in [-0.1, -0.05) is 6.07 Å². The van der Waals surface area contributed by atoms with Crippen LogP contribution in [0.25, 0.3) is 11.1 Å². The van der Waals surface area contributed by atoms with Gasteiger partial charge in [-0.25, -0.2) is 4.39 Å². The van der Waals surface area contributed by atoms with E-state index in [0.717, 1.165) is 22.4 Å². The predicted octanol–water partition coefficient (Wildman–Crippen LogP) is 3.30. The van der Waals surface area contributed by atoms with Gasteiger partial charge in [-0.2, -0.15) is 0 Å². The Kier molecular flexibility index (Phi) is 2.93. The van der Waals surface area contributed by atoms with Crippen molar-refractivity contribution in [3.63, 3.8) is 0 Å². The lowest BCUT2D eigenvalue weighted by atomic mass is 9.97. The van der Waals surface area contributed by atoms with Crippen molar-refractivity contribution in [1.82, 2.24) is 0 Å². The van der Waals surface area contributed by atoms with E-state index in [1.54, 1.807) is 12.1 Å². The fourth-order valence-corrected chi connectivity index (χ4v) is 2.63. The van der Waals surface area contributed by atoms with Gasteiger partial charge in [0.1, 0.15) is 11.6 Å². The second kappa shape index (κ2) is 4.63. The molecule has 3 nitrogen and oxygen atoms in total. The van der Waals surface area contributed by atoms with Crippen LogP contribution in [0, 0.1) is 12.7 Å². The van der Waals surface area contributed by atoms with E-state index >= 15 is 0 Å². The number of fused-ring (bicyclic) bond motifs is 1. The van der Waals surface area contributed by atoms with E-state index in [-0.39, 0.29) is 11.7 Å². The molecule has 1 N–H and O–H groups in total. The molecule has 102 valence electrons. The Morgan fingerprint density at radius 2 is 2.10 bits per heavy atom. The second-order valence-corrected chi connectivity index (χ2v) is 4.87. The van der Waals surface area contributed by atoms with E-state index in [2.05, 4.69) is 5.32 Å². The van der Waals surface area contributed by atoms with Crippen molar-refractivity contribution in [1.29, 1.82) is 0 Å². The summed E-state index contributed by atoms with van der Waals surface area (Å²) in [6.45, 7) is 1.90. The Labute approximate surface area is 116 Å². The lowest BCUT2D eigenvalue weighted by Gasteiger charge is -2.12. The monoisotopic (exact) mass is 271 g/mol. The number of amides is 1. The van der Waals surface area contributed by atoms with Gasteiger partial charge in [-0.3, -0.25) is 4.79 Å². The highest BCUT2D eigenvalue weighted by Crippen LogP contribution is 2.37. The summed E-state index contributed by atoms with van der Waals surface area (Å²) in [5, 5.41) is 2.82. The highest BCUT2D eigenvalue weighted by molar-refractivity contribution is 6.00. The van der Waals surface area contributed by atoms with Crippen LogP contribution in [0.3, 0.4) is 0 Å². The summed E-state index contributed by atoms with van der Waals surface area (Å²) in [7, 11) is 1.52. The minimum Gasteiger partial charge on any atom is -0.496 e. The summed E-state index contributed by atoms with van der Waals surface area (Å²) in [6.07, 6.45) is 0.334. The Hall–Kier alpha value is -2.36. The maximum atomic E-state index is 14.1. The number of carbonyl (C=O) groups is 1. The predicted molar refractivity (Wildman–Crippen MR) is 75.5 cm³/mol. The minimum absolute atomic E-state index is 0.0271. The summed E-state index contributed by atoms with van der Waals surface area (Å²) >= 11 is 0. The zero-order valence-corrected chi connectivity index (χ0v) is 11.3. The van der Waals surface area contributed by atoms with Crippen molar-refractivity contribution in [2.45, 2.75) is 13.3 Å². The second-order valence-electron chi connectivity index (χ2n) is 4.87. The molecule has 4 heteroatoms. The number of benzene rings is 2. The molecule has 0 atom stereocenters. The number of halogens is 1. The van der Waals surface area contributed by atoms with Crippen LogP contribution in [0.1, 0.15) is 11.1 Å². The summed E-state index contributed by atoms with van der Waals surface area (Å²) < 4.78 is 19.4. The molecule has 0 spiro atoms. The maximum Gasteiger partial charge on any atom is 0.228 e. The number of methoxy groups -OCH3 is 1. The number of hydrogen-bond acceptors (Lipinski definition) is 2. The Morgan fingerprint density at radius 3 is 2.85 bits per heavy atom. The van der Waals surface area contributed by atoms with Crippen LogP contribution in [0.15, 0.2) is 30.3 Å². The van der Waals surface area contributed by atoms with E-state index in [1.807, 2.05) is 19.1 Å². The number of hydrogen-bond donors (Lipinski definition) is 1. The number of ether oxygens (including phenoxy) is 1. The molecule has 0 saturated carbocycles. The summed E-state index contributed by atoms with van der Waals surface area (Å²) in [5.41, 5.74) is 3.82. The molecule has 0 aromatic heterocycles. The van der Waals surface area contributed by atoms with Crippen LogP contribution >= 0.6 is 0 Å². The molecule has 0 unspecified atom stereocenters. The average Bonchev–Trinajstić information content (AvgIpc) is 2.79. The first kappa shape index (κ1) is 12.7. The number of nitrogens with one attached hydrogen (secondary N) is 1. The lowest BCUT2D eigenvalue weighted by molar-refractivity contribution is -0.115. The van der Waals surface area contributed by atoms with Gasteiger partial charge < -0.3 is 10.1 Å². The average molecular weight is 271 g/mol. The molecule has 0 fully saturated rings. The van der Waals surface area contributed by atoms with Crippen LogP contribution in [-0.4, -0.2) is 13.0 Å². The Balaban J connectivity index is 2.20. The van der Waals surface area contributed by atoms with Gasteiger partial charge in [0.05, 0.1) is 19.1 Å². The number of aryl methyl sites for hydroxylation is 1. The Morgan fingerprint density at radius 1 is 1.30 bits per heavy atom. The first-order chi connectivity index (χ1) is 9.60. The van der Waals surface area contributed by atoms with Crippen molar-refractivity contribution in [3.05, 3.63) is 47.3 Å². The van der Waals surface area contributed by atoms with E-state index in [1.165, 1.54) is 13.2 Å². The van der Waals surface area contributed by atoms with Gasteiger partial charge in [-0.15, -0.1) is 0 Å². The SMILES string of the molecule is COc1cccc(F)c1-c1cc(C)c2c(c1)CC(=O)N2. The van der Waals surface area contributed by atoms with Crippen LogP contribution in [-0.2, 0) is 11.2 Å². The maximum absolute atomic E-state index is 14.1. The molecule has 1 amide bonds. The molecular formula is C16H14FNO2. The molecule has 20 heavy (non-hydrogen) atoms. The third kappa shape index (κ3) is 1.93. The smallest absolute Gasteiger partial charge is 0.228 e. The highest BCUT2D eigenvalue weighted by atomic mass is 19.1. The molecule has 1 aliphatic rings. The largest absolute Gasteiger partial charge is 0.496 e. The third-order valence-electron chi connectivity index (χ3n) is 3.52. The molecular weight excluding hydrogens is 257 g/mol. The van der Waals surface area contributed by atoms with Gasteiger partial charge in [0.25, 0.3) is 0 Å². The molecule has 3 rings (SSSR count). The lowest BCUT2D eigenvalue weighted by Crippen LogP contribution is -2.04. The molecule has 1 aliphatic heterocycles.